The fourth-order valence-electron chi connectivity index (χ4n) is 7.74. The maximum atomic E-state index is 15.0. The van der Waals surface area contributed by atoms with E-state index in [1.807, 2.05) is 38.1 Å². The molecule has 2 bridgehead atoms. The summed E-state index contributed by atoms with van der Waals surface area (Å²) in [7, 11) is 1.75. The molecule has 3 amide bonds. The van der Waals surface area contributed by atoms with E-state index in [2.05, 4.69) is 38.8 Å². The lowest BCUT2D eigenvalue weighted by Gasteiger charge is -2.41. The van der Waals surface area contributed by atoms with Gasteiger partial charge in [0.05, 0.1) is 29.2 Å². The molecule has 7 atom stereocenters. The molecular formula is C34H50N4O4S. The number of likely N-dealkylation sites (tertiary alicyclic amines) is 1. The van der Waals surface area contributed by atoms with E-state index in [0.29, 0.717) is 13.0 Å². The van der Waals surface area contributed by atoms with Crippen molar-refractivity contribution in [3.8, 4) is 0 Å². The summed E-state index contributed by atoms with van der Waals surface area (Å²) in [6, 6.07) is 6.63. The third-order valence-corrected chi connectivity index (χ3v) is 12.2. The fraction of sp³-hybridized carbons (Fsp3) is 0.618. The van der Waals surface area contributed by atoms with Crippen molar-refractivity contribution in [2.75, 3.05) is 49.6 Å². The highest BCUT2D eigenvalue weighted by molar-refractivity contribution is 8.02. The van der Waals surface area contributed by atoms with Crippen LogP contribution in [0.1, 0.15) is 53.9 Å². The summed E-state index contributed by atoms with van der Waals surface area (Å²) in [6.07, 6.45) is 5.54. The molecule has 236 valence electrons. The molecule has 3 aliphatic rings. The molecule has 0 aromatic heterocycles. The molecule has 1 N–H and O–H groups in total. The van der Waals surface area contributed by atoms with Gasteiger partial charge in [0.2, 0.25) is 11.8 Å². The number of aliphatic hydroxyl groups excluding tert-OH is 1. The SMILES string of the molecule is C=CCN(C)C(=O)[C@@H]1[C@H]2C(=O)N([C@@H](CO)[C@@H](C)CC)C(C(=O)N(CC=C)c3ccc(N(CC)CC)cc3)C23CC[C@@]1(C)S3. The molecule has 43 heavy (non-hydrogen) atoms. The summed E-state index contributed by atoms with van der Waals surface area (Å²) < 4.78 is -1.23. The Morgan fingerprint density at radius 1 is 1.07 bits per heavy atom. The molecule has 0 saturated carbocycles. The first-order valence-corrected chi connectivity index (χ1v) is 16.6. The number of likely N-dealkylation sites (N-methyl/N-ethyl adjacent to an activating group) is 1. The van der Waals surface area contributed by atoms with Gasteiger partial charge in [-0.05, 0) is 63.8 Å². The minimum absolute atomic E-state index is 0.0314. The number of carbonyl (C=O) groups excluding carboxylic acids is 3. The Hall–Kier alpha value is -2.78. The van der Waals surface area contributed by atoms with E-state index in [4.69, 9.17) is 0 Å². The van der Waals surface area contributed by atoms with Gasteiger partial charge in [0, 0.05) is 49.3 Å². The third-order valence-electron chi connectivity index (χ3n) is 10.2. The van der Waals surface area contributed by atoms with Crippen LogP contribution in [0.4, 0.5) is 11.4 Å². The van der Waals surface area contributed by atoms with Crippen LogP contribution in [-0.2, 0) is 14.4 Å². The second-order valence-corrected chi connectivity index (χ2v) is 14.4. The highest BCUT2D eigenvalue weighted by atomic mass is 32.2. The van der Waals surface area contributed by atoms with Crippen LogP contribution < -0.4 is 9.80 Å². The van der Waals surface area contributed by atoms with Crippen LogP contribution in [-0.4, -0.2) is 94.0 Å². The van der Waals surface area contributed by atoms with Gasteiger partial charge in [0.1, 0.15) is 6.04 Å². The smallest absolute Gasteiger partial charge is 0.251 e. The van der Waals surface area contributed by atoms with Crippen LogP contribution in [0, 0.1) is 17.8 Å². The van der Waals surface area contributed by atoms with Crippen LogP contribution in [0.15, 0.2) is 49.6 Å². The number of fused-ring (bicyclic) bond motifs is 1. The van der Waals surface area contributed by atoms with Crippen LogP contribution in [0.3, 0.4) is 0 Å². The van der Waals surface area contributed by atoms with Crippen LogP contribution >= 0.6 is 11.8 Å². The second-order valence-electron chi connectivity index (χ2n) is 12.5. The first-order valence-electron chi connectivity index (χ1n) is 15.8. The van der Waals surface area contributed by atoms with E-state index in [1.54, 1.807) is 45.7 Å². The summed E-state index contributed by atoms with van der Waals surface area (Å²) in [5.74, 6) is -1.68. The number of hydrogen-bond donors (Lipinski definition) is 1. The zero-order valence-electron chi connectivity index (χ0n) is 26.8. The lowest BCUT2D eigenvalue weighted by atomic mass is 9.66. The number of hydrogen-bond acceptors (Lipinski definition) is 6. The number of nitrogens with zero attached hydrogens (tertiary/aromatic N) is 4. The Balaban J connectivity index is 1.83. The summed E-state index contributed by atoms with van der Waals surface area (Å²) in [5.41, 5.74) is 1.82. The topological polar surface area (TPSA) is 84.4 Å². The summed E-state index contributed by atoms with van der Waals surface area (Å²) in [5, 5.41) is 10.7. The summed E-state index contributed by atoms with van der Waals surface area (Å²) in [6.45, 7) is 20.3. The summed E-state index contributed by atoms with van der Waals surface area (Å²) in [4.78, 5) is 50.9. The van der Waals surface area contributed by atoms with Gasteiger partial charge in [-0.2, -0.15) is 0 Å². The Labute approximate surface area is 262 Å². The normalized spacial score (nSPS) is 28.8. The van der Waals surface area contributed by atoms with Crippen molar-refractivity contribution in [1.29, 1.82) is 0 Å². The first kappa shape index (κ1) is 33.1. The minimum atomic E-state index is -0.812. The molecule has 0 radical (unpaired) electrons. The second kappa shape index (κ2) is 13.1. The van der Waals surface area contributed by atoms with Gasteiger partial charge in [-0.25, -0.2) is 0 Å². The largest absolute Gasteiger partial charge is 0.394 e. The van der Waals surface area contributed by atoms with Gasteiger partial charge in [-0.1, -0.05) is 32.4 Å². The lowest BCUT2D eigenvalue weighted by Crippen LogP contribution is -2.58. The van der Waals surface area contributed by atoms with Crippen molar-refractivity contribution in [3.63, 3.8) is 0 Å². The van der Waals surface area contributed by atoms with Crippen LogP contribution in [0.25, 0.3) is 0 Å². The quantitative estimate of drug-likeness (QED) is 0.311. The molecule has 3 heterocycles. The van der Waals surface area contributed by atoms with Gasteiger partial charge < -0.3 is 24.7 Å². The predicted molar refractivity (Wildman–Crippen MR) is 176 cm³/mol. The third kappa shape index (κ3) is 5.41. The van der Waals surface area contributed by atoms with E-state index in [0.717, 1.165) is 37.3 Å². The van der Waals surface area contributed by atoms with Gasteiger partial charge in [-0.3, -0.25) is 14.4 Å². The number of rotatable bonds is 14. The molecule has 1 spiro atoms. The Bertz CT molecular complexity index is 1220. The van der Waals surface area contributed by atoms with Crippen molar-refractivity contribution < 1.29 is 19.5 Å². The minimum Gasteiger partial charge on any atom is -0.394 e. The molecular weight excluding hydrogens is 560 g/mol. The van der Waals surface area contributed by atoms with Gasteiger partial charge in [-0.15, -0.1) is 24.9 Å². The fourth-order valence-corrected chi connectivity index (χ4v) is 10.1. The monoisotopic (exact) mass is 610 g/mol. The predicted octanol–water partition coefficient (Wildman–Crippen LogP) is 4.58. The molecule has 3 saturated heterocycles. The maximum Gasteiger partial charge on any atom is 0.251 e. The number of anilines is 2. The molecule has 2 unspecified atom stereocenters. The average molecular weight is 611 g/mol. The van der Waals surface area contributed by atoms with E-state index in [1.165, 1.54) is 0 Å². The molecule has 0 aliphatic carbocycles. The Morgan fingerprint density at radius 2 is 1.67 bits per heavy atom. The number of aliphatic hydroxyl groups is 1. The van der Waals surface area contributed by atoms with Crippen molar-refractivity contribution in [2.24, 2.45) is 17.8 Å². The lowest BCUT2D eigenvalue weighted by molar-refractivity contribution is -0.146. The highest BCUT2D eigenvalue weighted by Gasteiger charge is 2.78. The average Bonchev–Trinajstić information content (AvgIpc) is 3.57. The summed E-state index contributed by atoms with van der Waals surface area (Å²) >= 11 is 1.66. The van der Waals surface area contributed by atoms with Crippen molar-refractivity contribution >= 4 is 40.9 Å². The molecule has 1 aromatic rings. The zero-order chi connectivity index (χ0) is 31.7. The molecule has 4 rings (SSSR count). The molecule has 8 nitrogen and oxygen atoms in total. The van der Waals surface area contributed by atoms with E-state index >= 15 is 0 Å². The number of benzene rings is 1. The van der Waals surface area contributed by atoms with Crippen molar-refractivity contribution in [2.45, 2.75) is 75.5 Å². The van der Waals surface area contributed by atoms with E-state index < -0.39 is 33.4 Å². The molecule has 9 heteroatoms. The van der Waals surface area contributed by atoms with Gasteiger partial charge in [0.15, 0.2) is 0 Å². The van der Waals surface area contributed by atoms with Gasteiger partial charge in [0.25, 0.3) is 5.91 Å². The van der Waals surface area contributed by atoms with Crippen LogP contribution in [0.2, 0.25) is 0 Å². The highest BCUT2D eigenvalue weighted by Crippen LogP contribution is 2.72. The first-order chi connectivity index (χ1) is 20.5. The molecule has 3 fully saturated rings. The standard InChI is InChI=1S/C34H50N4O4S/c1-9-20-35(8)30(40)27-28-31(41)38(26(22-39)23(6)11-3)29(34(28)19-18-33(27,7)43-34)32(42)37(21-10-2)25-16-14-24(15-17-25)36(12-4)13-5/h9-10,14-17,23,26-29,39H,1-2,11-13,18-22H2,3-8H3/t23-,26-,27-,28-,29?,33+,34?/m0/s1. The number of amides is 3. The maximum absolute atomic E-state index is 15.0. The van der Waals surface area contributed by atoms with E-state index in [-0.39, 0.29) is 36.8 Å². The molecule has 1 aromatic carbocycles. The Kier molecular flexibility index (Phi) is 10.1. The van der Waals surface area contributed by atoms with Crippen molar-refractivity contribution in [1.82, 2.24) is 9.80 Å². The number of carbonyl (C=O) groups is 3. The van der Waals surface area contributed by atoms with Crippen LogP contribution in [0.5, 0.6) is 0 Å². The molecule has 3 aliphatic heterocycles. The zero-order valence-corrected chi connectivity index (χ0v) is 27.6. The van der Waals surface area contributed by atoms with Crippen molar-refractivity contribution in [3.05, 3.63) is 49.6 Å². The van der Waals surface area contributed by atoms with Gasteiger partial charge >= 0.3 is 0 Å². The Morgan fingerprint density at radius 3 is 2.21 bits per heavy atom. The number of thioether (sulfide) groups is 1. The van der Waals surface area contributed by atoms with E-state index in [9.17, 15) is 19.5 Å².